The molecular weight excluding hydrogens is 192 g/mol. The number of aliphatic hydroxyl groups excluding tert-OH is 1. The molecule has 0 aromatic rings. The first-order chi connectivity index (χ1) is 7.10. The van der Waals surface area contributed by atoms with E-state index < -0.39 is 0 Å². The van der Waals surface area contributed by atoms with Crippen LogP contribution in [-0.2, 0) is 4.79 Å². The van der Waals surface area contributed by atoms with E-state index in [0.29, 0.717) is 13.0 Å². The van der Waals surface area contributed by atoms with E-state index in [1.165, 1.54) is 0 Å². The van der Waals surface area contributed by atoms with Crippen LogP contribution in [0, 0.1) is 5.41 Å². The highest BCUT2D eigenvalue weighted by atomic mass is 16.3. The first-order valence-electron chi connectivity index (χ1n) is 5.67. The fourth-order valence-corrected chi connectivity index (χ4v) is 2.11. The van der Waals surface area contributed by atoms with Crippen LogP contribution in [0.15, 0.2) is 0 Å². The van der Waals surface area contributed by atoms with Gasteiger partial charge in [0.2, 0.25) is 5.91 Å². The second-order valence-electron chi connectivity index (χ2n) is 4.64. The van der Waals surface area contributed by atoms with Crippen molar-refractivity contribution in [2.45, 2.75) is 26.2 Å². The average molecular weight is 214 g/mol. The lowest BCUT2D eigenvalue weighted by Gasteiger charge is -2.36. The van der Waals surface area contributed by atoms with Crippen LogP contribution >= 0.6 is 0 Å². The van der Waals surface area contributed by atoms with Gasteiger partial charge in [-0.2, -0.15) is 0 Å². The molecule has 1 amide bonds. The minimum Gasteiger partial charge on any atom is -0.396 e. The minimum absolute atomic E-state index is 0.145. The molecule has 15 heavy (non-hydrogen) atoms. The SMILES string of the molecule is CN(CCCO)C(=O)[C@@]1(C)CCCNC1. The topological polar surface area (TPSA) is 52.6 Å². The predicted molar refractivity (Wildman–Crippen MR) is 59.6 cm³/mol. The molecule has 1 aliphatic rings. The molecule has 4 heteroatoms. The van der Waals surface area contributed by atoms with Crippen molar-refractivity contribution in [1.29, 1.82) is 0 Å². The maximum Gasteiger partial charge on any atom is 0.229 e. The van der Waals surface area contributed by atoms with Gasteiger partial charge in [0.15, 0.2) is 0 Å². The molecule has 2 N–H and O–H groups in total. The predicted octanol–water partition coefficient (Wildman–Crippen LogP) is 0.217. The Morgan fingerprint density at radius 3 is 2.87 bits per heavy atom. The molecule has 0 aromatic heterocycles. The van der Waals surface area contributed by atoms with Crippen molar-refractivity contribution >= 4 is 5.91 Å². The van der Waals surface area contributed by atoms with Gasteiger partial charge in [-0.3, -0.25) is 4.79 Å². The van der Waals surface area contributed by atoms with Crippen molar-refractivity contribution < 1.29 is 9.90 Å². The Hall–Kier alpha value is -0.610. The van der Waals surface area contributed by atoms with Gasteiger partial charge in [0.1, 0.15) is 0 Å². The highest BCUT2D eigenvalue weighted by Crippen LogP contribution is 2.27. The normalized spacial score (nSPS) is 26.3. The molecule has 1 fully saturated rings. The van der Waals surface area contributed by atoms with Crippen molar-refractivity contribution in [1.82, 2.24) is 10.2 Å². The van der Waals surface area contributed by atoms with Gasteiger partial charge >= 0.3 is 0 Å². The van der Waals surface area contributed by atoms with Crippen molar-refractivity contribution in [2.75, 3.05) is 33.3 Å². The summed E-state index contributed by atoms with van der Waals surface area (Å²) < 4.78 is 0. The molecule has 0 spiro atoms. The van der Waals surface area contributed by atoms with Gasteiger partial charge < -0.3 is 15.3 Å². The summed E-state index contributed by atoms with van der Waals surface area (Å²) >= 11 is 0. The number of rotatable bonds is 4. The molecule has 0 radical (unpaired) electrons. The second-order valence-corrected chi connectivity index (χ2v) is 4.64. The Kier molecular flexibility index (Phi) is 4.54. The van der Waals surface area contributed by atoms with Crippen LogP contribution in [0.4, 0.5) is 0 Å². The summed E-state index contributed by atoms with van der Waals surface area (Å²) in [4.78, 5) is 13.9. The maximum absolute atomic E-state index is 12.1. The molecule has 1 heterocycles. The number of hydrogen-bond acceptors (Lipinski definition) is 3. The number of carbonyl (C=O) groups excluding carboxylic acids is 1. The zero-order valence-corrected chi connectivity index (χ0v) is 9.75. The van der Waals surface area contributed by atoms with E-state index in [0.717, 1.165) is 25.9 Å². The maximum atomic E-state index is 12.1. The van der Waals surface area contributed by atoms with Crippen LogP contribution in [0.25, 0.3) is 0 Å². The van der Waals surface area contributed by atoms with E-state index in [4.69, 9.17) is 5.11 Å². The number of amides is 1. The van der Waals surface area contributed by atoms with Crippen LogP contribution in [0.1, 0.15) is 26.2 Å². The molecule has 0 bridgehead atoms. The molecule has 4 nitrogen and oxygen atoms in total. The average Bonchev–Trinajstić information content (AvgIpc) is 2.26. The van der Waals surface area contributed by atoms with E-state index in [9.17, 15) is 4.79 Å². The lowest BCUT2D eigenvalue weighted by molar-refractivity contribution is -0.140. The molecule has 88 valence electrons. The number of hydrogen-bond donors (Lipinski definition) is 2. The first-order valence-corrected chi connectivity index (χ1v) is 5.67. The van der Waals surface area contributed by atoms with Gasteiger partial charge in [-0.1, -0.05) is 0 Å². The van der Waals surface area contributed by atoms with Crippen LogP contribution in [0.2, 0.25) is 0 Å². The number of nitrogens with zero attached hydrogens (tertiary/aromatic N) is 1. The molecule has 0 aromatic carbocycles. The fraction of sp³-hybridized carbons (Fsp3) is 0.909. The van der Waals surface area contributed by atoms with E-state index in [2.05, 4.69) is 5.32 Å². The standard InChI is InChI=1S/C11H22N2O2/c1-11(5-3-6-12-9-11)10(15)13(2)7-4-8-14/h12,14H,3-9H2,1-2H3/t11-/m0/s1. The van der Waals surface area contributed by atoms with Crippen molar-refractivity contribution in [2.24, 2.45) is 5.41 Å². The zero-order chi connectivity index (χ0) is 11.3. The van der Waals surface area contributed by atoms with Crippen LogP contribution in [0.5, 0.6) is 0 Å². The van der Waals surface area contributed by atoms with Crippen LogP contribution in [0.3, 0.4) is 0 Å². The minimum atomic E-state index is -0.248. The van der Waals surface area contributed by atoms with Crippen LogP contribution in [-0.4, -0.2) is 49.2 Å². The van der Waals surface area contributed by atoms with Gasteiger partial charge in [-0.25, -0.2) is 0 Å². The molecule has 0 aliphatic carbocycles. The van der Waals surface area contributed by atoms with E-state index in [-0.39, 0.29) is 17.9 Å². The third kappa shape index (κ3) is 3.18. The molecule has 1 atom stereocenters. The van der Waals surface area contributed by atoms with Gasteiger partial charge in [0, 0.05) is 26.7 Å². The highest BCUT2D eigenvalue weighted by Gasteiger charge is 2.36. The van der Waals surface area contributed by atoms with E-state index in [1.54, 1.807) is 4.90 Å². The fourth-order valence-electron chi connectivity index (χ4n) is 2.11. The molecule has 1 saturated heterocycles. The largest absolute Gasteiger partial charge is 0.396 e. The van der Waals surface area contributed by atoms with Crippen LogP contribution < -0.4 is 5.32 Å². The first kappa shape index (κ1) is 12.5. The van der Waals surface area contributed by atoms with Gasteiger partial charge in [-0.05, 0) is 32.7 Å². The van der Waals surface area contributed by atoms with Crippen molar-refractivity contribution in [3.05, 3.63) is 0 Å². The lowest BCUT2D eigenvalue weighted by Crippen LogP contribution is -2.49. The smallest absolute Gasteiger partial charge is 0.229 e. The summed E-state index contributed by atoms with van der Waals surface area (Å²) in [6.45, 7) is 4.60. The summed E-state index contributed by atoms with van der Waals surface area (Å²) in [5.41, 5.74) is -0.248. The summed E-state index contributed by atoms with van der Waals surface area (Å²) in [6, 6.07) is 0. The molecule has 1 rings (SSSR count). The Labute approximate surface area is 91.6 Å². The highest BCUT2D eigenvalue weighted by molar-refractivity contribution is 5.82. The summed E-state index contributed by atoms with van der Waals surface area (Å²) in [6.07, 6.45) is 2.68. The summed E-state index contributed by atoms with van der Waals surface area (Å²) in [5.74, 6) is 0.197. The summed E-state index contributed by atoms with van der Waals surface area (Å²) in [5, 5.41) is 12.0. The molecule has 0 saturated carbocycles. The number of nitrogens with one attached hydrogen (secondary N) is 1. The Bertz CT molecular complexity index is 213. The Morgan fingerprint density at radius 1 is 1.60 bits per heavy atom. The quantitative estimate of drug-likeness (QED) is 0.704. The van der Waals surface area contributed by atoms with Crippen molar-refractivity contribution in [3.8, 4) is 0 Å². The summed E-state index contributed by atoms with van der Waals surface area (Å²) in [7, 11) is 1.82. The Balaban J connectivity index is 2.49. The second kappa shape index (κ2) is 5.47. The van der Waals surface area contributed by atoms with E-state index in [1.807, 2.05) is 14.0 Å². The lowest BCUT2D eigenvalue weighted by atomic mass is 9.81. The number of piperidine rings is 1. The molecular formula is C11H22N2O2. The van der Waals surface area contributed by atoms with Gasteiger partial charge in [0.05, 0.1) is 5.41 Å². The van der Waals surface area contributed by atoms with Gasteiger partial charge in [-0.15, -0.1) is 0 Å². The third-order valence-corrected chi connectivity index (χ3v) is 3.11. The monoisotopic (exact) mass is 214 g/mol. The molecule has 1 aliphatic heterocycles. The zero-order valence-electron chi connectivity index (χ0n) is 9.75. The number of aliphatic hydroxyl groups is 1. The van der Waals surface area contributed by atoms with Gasteiger partial charge in [0.25, 0.3) is 0 Å². The van der Waals surface area contributed by atoms with E-state index >= 15 is 0 Å². The number of carbonyl (C=O) groups is 1. The Morgan fingerprint density at radius 2 is 2.33 bits per heavy atom. The third-order valence-electron chi connectivity index (χ3n) is 3.11. The van der Waals surface area contributed by atoms with Crippen molar-refractivity contribution in [3.63, 3.8) is 0 Å². The molecule has 0 unspecified atom stereocenters.